The first-order valence-electron chi connectivity index (χ1n) is 7.81. The van der Waals surface area contributed by atoms with Crippen LogP contribution in [-0.4, -0.2) is 20.9 Å². The van der Waals surface area contributed by atoms with Gasteiger partial charge in [0.25, 0.3) is 15.9 Å². The first-order valence-corrected chi connectivity index (χ1v) is 9.29. The molecule has 0 saturated carbocycles. The van der Waals surface area contributed by atoms with Gasteiger partial charge in [0.05, 0.1) is 4.90 Å². The second kappa shape index (κ2) is 7.49. The summed E-state index contributed by atoms with van der Waals surface area (Å²) in [5.41, 5.74) is 2.78. The molecule has 5 nitrogen and oxygen atoms in total. The van der Waals surface area contributed by atoms with Gasteiger partial charge in [-0.15, -0.1) is 0 Å². The Morgan fingerprint density at radius 1 is 1.04 bits per heavy atom. The predicted octanol–water partition coefficient (Wildman–Crippen LogP) is 3.24. The van der Waals surface area contributed by atoms with E-state index in [0.29, 0.717) is 17.8 Å². The third kappa shape index (κ3) is 4.58. The van der Waals surface area contributed by atoms with E-state index in [2.05, 4.69) is 10.0 Å². The Bertz CT molecular complexity index is 825. The monoisotopic (exact) mass is 346 g/mol. The summed E-state index contributed by atoms with van der Waals surface area (Å²) in [4.78, 5) is 12.1. The summed E-state index contributed by atoms with van der Waals surface area (Å²) >= 11 is 0. The van der Waals surface area contributed by atoms with Crippen LogP contribution in [0.1, 0.15) is 34.8 Å². The van der Waals surface area contributed by atoms with Crippen LogP contribution < -0.4 is 10.0 Å². The zero-order valence-corrected chi connectivity index (χ0v) is 14.9. The van der Waals surface area contributed by atoms with Gasteiger partial charge in [0.15, 0.2) is 0 Å². The summed E-state index contributed by atoms with van der Waals surface area (Å²) in [5.74, 6) is -0.277. The Balaban J connectivity index is 2.27. The number of anilines is 1. The molecule has 0 spiro atoms. The van der Waals surface area contributed by atoms with Gasteiger partial charge in [-0.3, -0.25) is 9.52 Å². The van der Waals surface area contributed by atoms with E-state index < -0.39 is 10.0 Å². The zero-order chi connectivity index (χ0) is 17.7. The SMILES string of the molecule is CCCNC(=O)c1cccc(S(=O)(=O)Nc2cc(C)cc(C)c2)c1. The minimum absolute atomic E-state index is 0.0609. The lowest BCUT2D eigenvalue weighted by atomic mass is 10.1. The van der Waals surface area contributed by atoms with Crippen LogP contribution in [0.2, 0.25) is 0 Å². The number of hydrogen-bond acceptors (Lipinski definition) is 3. The van der Waals surface area contributed by atoms with Gasteiger partial charge < -0.3 is 5.32 Å². The minimum Gasteiger partial charge on any atom is -0.352 e. The summed E-state index contributed by atoms with van der Waals surface area (Å²) in [6, 6.07) is 11.5. The van der Waals surface area contributed by atoms with Crippen LogP contribution >= 0.6 is 0 Å². The summed E-state index contributed by atoms with van der Waals surface area (Å²) < 4.78 is 27.7. The van der Waals surface area contributed by atoms with Gasteiger partial charge in [-0.2, -0.15) is 0 Å². The molecule has 2 aromatic rings. The van der Waals surface area contributed by atoms with Crippen molar-refractivity contribution in [2.45, 2.75) is 32.1 Å². The fourth-order valence-corrected chi connectivity index (χ4v) is 3.48. The van der Waals surface area contributed by atoms with E-state index in [1.807, 2.05) is 26.8 Å². The van der Waals surface area contributed by atoms with E-state index in [0.717, 1.165) is 17.5 Å². The lowest BCUT2D eigenvalue weighted by molar-refractivity contribution is 0.0953. The third-order valence-electron chi connectivity index (χ3n) is 3.42. The van der Waals surface area contributed by atoms with Crippen molar-refractivity contribution in [1.82, 2.24) is 5.32 Å². The van der Waals surface area contributed by atoms with E-state index in [1.54, 1.807) is 24.3 Å². The first-order chi connectivity index (χ1) is 11.3. The highest BCUT2D eigenvalue weighted by Crippen LogP contribution is 2.19. The maximum atomic E-state index is 12.6. The number of carbonyl (C=O) groups excluding carboxylic acids is 1. The summed E-state index contributed by atoms with van der Waals surface area (Å²) in [6.07, 6.45) is 0.817. The van der Waals surface area contributed by atoms with Gasteiger partial charge in [0.2, 0.25) is 0 Å². The number of benzene rings is 2. The molecule has 0 atom stereocenters. The lowest BCUT2D eigenvalue weighted by Gasteiger charge is -2.11. The average Bonchev–Trinajstić information content (AvgIpc) is 2.51. The smallest absolute Gasteiger partial charge is 0.261 e. The standard InChI is InChI=1S/C18H22N2O3S/c1-4-8-19-18(21)15-6-5-7-17(12-15)24(22,23)20-16-10-13(2)9-14(3)11-16/h5-7,9-12,20H,4,8H2,1-3H3,(H,19,21). The highest BCUT2D eigenvalue weighted by Gasteiger charge is 2.16. The fraction of sp³-hybridized carbons (Fsp3) is 0.278. The molecule has 0 saturated heterocycles. The molecular formula is C18H22N2O3S. The molecule has 6 heteroatoms. The topological polar surface area (TPSA) is 75.3 Å². The van der Waals surface area contributed by atoms with Gasteiger partial charge in [0, 0.05) is 17.8 Å². The van der Waals surface area contributed by atoms with Crippen LogP contribution in [0, 0.1) is 13.8 Å². The van der Waals surface area contributed by atoms with Gasteiger partial charge in [-0.1, -0.05) is 19.1 Å². The Morgan fingerprint density at radius 3 is 2.33 bits per heavy atom. The molecule has 1 amide bonds. The molecule has 2 rings (SSSR count). The molecule has 0 radical (unpaired) electrons. The van der Waals surface area contributed by atoms with E-state index in [1.165, 1.54) is 12.1 Å². The van der Waals surface area contributed by atoms with E-state index >= 15 is 0 Å². The van der Waals surface area contributed by atoms with Crippen LogP contribution in [-0.2, 0) is 10.0 Å². The number of rotatable bonds is 6. The molecule has 0 fully saturated rings. The van der Waals surface area contributed by atoms with Crippen LogP contribution in [0.15, 0.2) is 47.4 Å². The van der Waals surface area contributed by atoms with Crippen molar-refractivity contribution in [3.05, 3.63) is 59.2 Å². The maximum absolute atomic E-state index is 12.6. The third-order valence-corrected chi connectivity index (χ3v) is 4.79. The van der Waals surface area contributed by atoms with E-state index in [9.17, 15) is 13.2 Å². The van der Waals surface area contributed by atoms with Crippen LogP contribution in [0.25, 0.3) is 0 Å². The largest absolute Gasteiger partial charge is 0.352 e. The highest BCUT2D eigenvalue weighted by atomic mass is 32.2. The van der Waals surface area contributed by atoms with Gasteiger partial charge >= 0.3 is 0 Å². The zero-order valence-electron chi connectivity index (χ0n) is 14.1. The van der Waals surface area contributed by atoms with Crippen molar-refractivity contribution in [3.8, 4) is 0 Å². The summed E-state index contributed by atoms with van der Waals surface area (Å²) in [6.45, 7) is 6.32. The summed E-state index contributed by atoms with van der Waals surface area (Å²) in [7, 11) is -3.75. The second-order valence-electron chi connectivity index (χ2n) is 5.77. The van der Waals surface area contributed by atoms with Crippen molar-refractivity contribution in [1.29, 1.82) is 0 Å². The molecule has 0 aliphatic carbocycles. The van der Waals surface area contributed by atoms with Crippen molar-refractivity contribution in [2.75, 3.05) is 11.3 Å². The molecule has 0 bridgehead atoms. The van der Waals surface area contributed by atoms with Crippen LogP contribution in [0.4, 0.5) is 5.69 Å². The van der Waals surface area contributed by atoms with Crippen molar-refractivity contribution < 1.29 is 13.2 Å². The Morgan fingerprint density at radius 2 is 1.71 bits per heavy atom. The number of nitrogens with one attached hydrogen (secondary N) is 2. The van der Waals surface area contributed by atoms with Crippen molar-refractivity contribution in [3.63, 3.8) is 0 Å². The number of hydrogen-bond donors (Lipinski definition) is 2. The molecule has 0 unspecified atom stereocenters. The molecule has 2 N–H and O–H groups in total. The van der Waals surface area contributed by atoms with E-state index in [-0.39, 0.29) is 10.8 Å². The van der Waals surface area contributed by atoms with E-state index in [4.69, 9.17) is 0 Å². The minimum atomic E-state index is -3.75. The quantitative estimate of drug-likeness (QED) is 0.843. The van der Waals surface area contributed by atoms with Gasteiger partial charge in [0.1, 0.15) is 0 Å². The van der Waals surface area contributed by atoms with Crippen molar-refractivity contribution >= 4 is 21.6 Å². The molecule has 128 valence electrons. The predicted molar refractivity (Wildman–Crippen MR) is 95.8 cm³/mol. The Kier molecular flexibility index (Phi) is 5.62. The molecule has 0 aliphatic rings. The normalized spacial score (nSPS) is 11.1. The Hall–Kier alpha value is -2.34. The molecular weight excluding hydrogens is 324 g/mol. The Labute approximate surface area is 143 Å². The fourth-order valence-electron chi connectivity index (χ4n) is 2.39. The van der Waals surface area contributed by atoms with Crippen molar-refractivity contribution in [2.24, 2.45) is 0 Å². The lowest BCUT2D eigenvalue weighted by Crippen LogP contribution is -2.24. The molecule has 24 heavy (non-hydrogen) atoms. The average molecular weight is 346 g/mol. The van der Waals surface area contributed by atoms with Crippen LogP contribution in [0.3, 0.4) is 0 Å². The summed E-state index contributed by atoms with van der Waals surface area (Å²) in [5, 5.41) is 2.74. The second-order valence-corrected chi connectivity index (χ2v) is 7.45. The molecule has 0 heterocycles. The first kappa shape index (κ1) is 18.0. The number of sulfonamides is 1. The number of carbonyl (C=O) groups is 1. The highest BCUT2D eigenvalue weighted by molar-refractivity contribution is 7.92. The molecule has 2 aromatic carbocycles. The number of aryl methyl sites for hydroxylation is 2. The van der Waals surface area contributed by atoms with Crippen LogP contribution in [0.5, 0.6) is 0 Å². The van der Waals surface area contributed by atoms with Gasteiger partial charge in [-0.05, 0) is 61.7 Å². The molecule has 0 aliphatic heterocycles. The molecule has 0 aromatic heterocycles. The maximum Gasteiger partial charge on any atom is 0.261 e. The van der Waals surface area contributed by atoms with Gasteiger partial charge in [-0.25, -0.2) is 8.42 Å². The number of amides is 1.